The van der Waals surface area contributed by atoms with E-state index in [1.807, 2.05) is 19.9 Å². The van der Waals surface area contributed by atoms with E-state index in [9.17, 15) is 24.9 Å². The van der Waals surface area contributed by atoms with Crippen molar-refractivity contribution in [2.45, 2.75) is 52.4 Å². The van der Waals surface area contributed by atoms with Gasteiger partial charge in [0.25, 0.3) is 0 Å². The fourth-order valence-corrected chi connectivity index (χ4v) is 3.65. The predicted octanol–water partition coefficient (Wildman–Crippen LogP) is 5.93. The zero-order valence-corrected chi connectivity index (χ0v) is 20.0. The van der Waals surface area contributed by atoms with Crippen LogP contribution in [0, 0.1) is 0 Å². The van der Waals surface area contributed by atoms with Crippen molar-refractivity contribution in [3.8, 4) is 28.7 Å². The molecule has 3 N–H and O–H groups in total. The predicted molar refractivity (Wildman–Crippen MR) is 128 cm³/mol. The summed E-state index contributed by atoms with van der Waals surface area (Å²) in [7, 11) is 2.95. The van der Waals surface area contributed by atoms with Crippen molar-refractivity contribution < 1.29 is 39.1 Å². The molecule has 0 aliphatic carbocycles. The molecule has 0 saturated heterocycles. The first-order valence-electron chi connectivity index (χ1n) is 11.2. The maximum Gasteiger partial charge on any atom is 0.339 e. The van der Waals surface area contributed by atoms with Crippen LogP contribution in [0.25, 0.3) is 5.76 Å². The van der Waals surface area contributed by atoms with Crippen LogP contribution in [-0.2, 0) is 11.2 Å². The Morgan fingerprint density at radius 2 is 1.76 bits per heavy atom. The molecular formula is C26H32O8. The van der Waals surface area contributed by atoms with Gasteiger partial charge in [-0.15, -0.1) is 0 Å². The van der Waals surface area contributed by atoms with Crippen LogP contribution in [0.15, 0.2) is 24.3 Å². The summed E-state index contributed by atoms with van der Waals surface area (Å²) in [6, 6.07) is 4.04. The van der Waals surface area contributed by atoms with Gasteiger partial charge in [-0.2, -0.15) is 0 Å². The number of unbranched alkanes of at least 4 members (excludes halogenated alkanes) is 3. The number of phenols is 2. The quantitative estimate of drug-likeness (QED) is 0.186. The lowest BCUT2D eigenvalue weighted by Gasteiger charge is -2.19. The number of hydrogen-bond acceptors (Lipinski definition) is 7. The number of benzene rings is 2. The highest BCUT2D eigenvalue weighted by Gasteiger charge is 2.26. The normalized spacial score (nSPS) is 11.2. The molecule has 2 aromatic carbocycles. The molecule has 2 rings (SSSR count). The molecule has 8 heteroatoms. The molecule has 0 spiro atoms. The first-order chi connectivity index (χ1) is 16.3. The molecule has 0 aliphatic heterocycles. The minimum Gasteiger partial charge on any atom is -0.507 e. The highest BCUT2D eigenvalue weighted by Crippen LogP contribution is 2.44. The zero-order chi connectivity index (χ0) is 25.3. The lowest BCUT2D eigenvalue weighted by Crippen LogP contribution is -2.07. The van der Waals surface area contributed by atoms with Gasteiger partial charge in [-0.3, -0.25) is 4.79 Å². The highest BCUT2D eigenvalue weighted by molar-refractivity contribution is 5.94. The molecule has 0 aliphatic rings. The summed E-state index contributed by atoms with van der Waals surface area (Å²) >= 11 is 0. The molecule has 0 fully saturated rings. The number of methoxy groups -OCH3 is 2. The fourth-order valence-electron chi connectivity index (χ4n) is 3.65. The number of carbonyl (C=O) groups excluding carboxylic acids is 1. The molecule has 0 atom stereocenters. The number of aldehydes is 1. The molecule has 0 bridgehead atoms. The fraction of sp³-hybridized carbons (Fsp3) is 0.385. The van der Waals surface area contributed by atoms with Crippen LogP contribution in [0.5, 0.6) is 28.7 Å². The van der Waals surface area contributed by atoms with Crippen LogP contribution in [0.1, 0.15) is 77.8 Å². The van der Waals surface area contributed by atoms with Crippen molar-refractivity contribution in [2.24, 2.45) is 0 Å². The first-order valence-corrected chi connectivity index (χ1v) is 11.2. The van der Waals surface area contributed by atoms with Gasteiger partial charge in [0.15, 0.2) is 17.8 Å². The number of carboxylic acid groups (broad SMARTS) is 1. The maximum absolute atomic E-state index is 12.1. The van der Waals surface area contributed by atoms with E-state index in [4.69, 9.17) is 14.2 Å². The molecule has 0 saturated carbocycles. The third-order valence-electron chi connectivity index (χ3n) is 5.37. The Bertz CT molecular complexity index is 1060. The third-order valence-corrected chi connectivity index (χ3v) is 5.37. The number of carbonyl (C=O) groups is 2. The molecule has 0 heterocycles. The van der Waals surface area contributed by atoms with E-state index >= 15 is 0 Å². The van der Waals surface area contributed by atoms with E-state index in [0.29, 0.717) is 29.8 Å². The van der Waals surface area contributed by atoms with Crippen molar-refractivity contribution in [2.75, 3.05) is 14.2 Å². The maximum atomic E-state index is 12.1. The van der Waals surface area contributed by atoms with E-state index in [0.717, 1.165) is 31.7 Å². The SMILES string of the molecule is CCC/C=C(/OC)c1cc(OC)cc(Oc2c(O)cc(O)c(C(=O)O)c2CCCCC)c1C=O. The lowest BCUT2D eigenvalue weighted by molar-refractivity contribution is 0.0691. The Kier molecular flexibility index (Phi) is 9.79. The first kappa shape index (κ1) is 26.6. The van der Waals surface area contributed by atoms with Crippen molar-refractivity contribution in [3.05, 3.63) is 46.5 Å². The largest absolute Gasteiger partial charge is 0.507 e. The average Bonchev–Trinajstić information content (AvgIpc) is 2.81. The van der Waals surface area contributed by atoms with Gasteiger partial charge in [-0.1, -0.05) is 33.1 Å². The molecule has 0 aromatic heterocycles. The average molecular weight is 473 g/mol. The van der Waals surface area contributed by atoms with Crippen LogP contribution in [0.4, 0.5) is 0 Å². The van der Waals surface area contributed by atoms with Crippen molar-refractivity contribution >= 4 is 18.0 Å². The van der Waals surface area contributed by atoms with Gasteiger partial charge in [-0.05, 0) is 31.4 Å². The minimum atomic E-state index is -1.35. The molecule has 34 heavy (non-hydrogen) atoms. The number of phenolic OH excluding ortho intramolecular Hbond substituents is 1. The Morgan fingerprint density at radius 1 is 1.03 bits per heavy atom. The summed E-state index contributed by atoms with van der Waals surface area (Å²) in [6.45, 7) is 4.02. The number of carboxylic acids is 1. The second-order valence-electron chi connectivity index (χ2n) is 7.73. The number of hydrogen-bond donors (Lipinski definition) is 3. The van der Waals surface area contributed by atoms with Gasteiger partial charge >= 0.3 is 5.97 Å². The van der Waals surface area contributed by atoms with E-state index in [-0.39, 0.29) is 34.6 Å². The molecule has 0 radical (unpaired) electrons. The van der Waals surface area contributed by atoms with Crippen molar-refractivity contribution in [3.63, 3.8) is 0 Å². The summed E-state index contributed by atoms with van der Waals surface area (Å²) in [5.74, 6) is -1.60. The van der Waals surface area contributed by atoms with Gasteiger partial charge in [0.1, 0.15) is 28.6 Å². The van der Waals surface area contributed by atoms with E-state index in [1.165, 1.54) is 20.3 Å². The monoisotopic (exact) mass is 472 g/mol. The van der Waals surface area contributed by atoms with E-state index in [1.54, 1.807) is 6.07 Å². The Balaban J connectivity index is 2.74. The van der Waals surface area contributed by atoms with Crippen molar-refractivity contribution in [1.82, 2.24) is 0 Å². The molecular weight excluding hydrogens is 440 g/mol. The van der Waals surface area contributed by atoms with Gasteiger partial charge in [0.2, 0.25) is 0 Å². The zero-order valence-electron chi connectivity index (χ0n) is 20.0. The van der Waals surface area contributed by atoms with Crippen LogP contribution < -0.4 is 9.47 Å². The Morgan fingerprint density at radius 3 is 2.32 bits per heavy atom. The highest BCUT2D eigenvalue weighted by atomic mass is 16.5. The summed E-state index contributed by atoms with van der Waals surface area (Å²) in [5, 5.41) is 30.5. The summed E-state index contributed by atoms with van der Waals surface area (Å²) < 4.78 is 16.9. The standard InChI is InChI=1S/C26H32O8/c1-5-7-9-10-17-24(26(30)31)20(28)14-21(29)25(17)34-23-13-16(32-3)12-18(19(23)15-27)22(33-4)11-8-6-2/h11-15,28-29H,5-10H2,1-4H3,(H,30,31)/b22-11+. The number of ether oxygens (including phenoxy) is 3. The number of aromatic hydroxyl groups is 2. The van der Waals surface area contributed by atoms with Crippen LogP contribution in [0.2, 0.25) is 0 Å². The van der Waals surface area contributed by atoms with Crippen LogP contribution in [-0.4, -0.2) is 41.8 Å². The summed E-state index contributed by atoms with van der Waals surface area (Å²) in [5.41, 5.74) is 0.381. The van der Waals surface area contributed by atoms with Crippen LogP contribution in [0.3, 0.4) is 0 Å². The second-order valence-corrected chi connectivity index (χ2v) is 7.73. The molecule has 0 amide bonds. The van der Waals surface area contributed by atoms with E-state index in [2.05, 4.69) is 0 Å². The van der Waals surface area contributed by atoms with Gasteiger partial charge < -0.3 is 29.5 Å². The minimum absolute atomic E-state index is 0.0536. The van der Waals surface area contributed by atoms with Crippen molar-refractivity contribution in [1.29, 1.82) is 0 Å². The molecule has 8 nitrogen and oxygen atoms in total. The van der Waals surface area contributed by atoms with Gasteiger partial charge in [0.05, 0.1) is 19.8 Å². The topological polar surface area (TPSA) is 123 Å². The second kappa shape index (κ2) is 12.5. The Hall–Kier alpha value is -3.68. The van der Waals surface area contributed by atoms with Gasteiger partial charge in [-0.25, -0.2) is 4.79 Å². The number of aromatic carboxylic acids is 1. The van der Waals surface area contributed by atoms with E-state index < -0.39 is 17.5 Å². The van der Waals surface area contributed by atoms with Gasteiger partial charge in [0, 0.05) is 23.3 Å². The number of allylic oxidation sites excluding steroid dienone is 1. The lowest BCUT2D eigenvalue weighted by atomic mass is 9.98. The number of rotatable bonds is 13. The Labute approximate surface area is 199 Å². The summed E-state index contributed by atoms with van der Waals surface area (Å²) in [6.07, 6.45) is 6.62. The van der Waals surface area contributed by atoms with Crippen LogP contribution >= 0.6 is 0 Å². The molecule has 2 aromatic rings. The molecule has 0 unspecified atom stereocenters. The third kappa shape index (κ3) is 6.01. The smallest absolute Gasteiger partial charge is 0.339 e. The summed E-state index contributed by atoms with van der Waals surface area (Å²) in [4.78, 5) is 24.0. The molecule has 184 valence electrons.